The van der Waals surface area contributed by atoms with Crippen molar-refractivity contribution in [2.75, 3.05) is 12.4 Å². The molecule has 1 saturated heterocycles. The molecule has 2 heterocycles. The Balaban J connectivity index is 1.51. The van der Waals surface area contributed by atoms with Gasteiger partial charge in [-0.1, -0.05) is 12.1 Å². The number of nitrogens with one attached hydrogen (secondary N) is 1. The fourth-order valence-electron chi connectivity index (χ4n) is 2.81. The van der Waals surface area contributed by atoms with E-state index in [1.165, 1.54) is 42.0 Å². The molecule has 0 saturated carbocycles. The second-order valence-corrected chi connectivity index (χ2v) is 7.27. The highest BCUT2D eigenvalue weighted by Gasteiger charge is 2.43. The van der Waals surface area contributed by atoms with Gasteiger partial charge in [-0.3, -0.25) is 9.59 Å². The third kappa shape index (κ3) is 4.72. The number of rotatable bonds is 6. The maximum atomic E-state index is 12.9. The summed E-state index contributed by atoms with van der Waals surface area (Å²) in [4.78, 5) is 37.8. The lowest BCUT2D eigenvalue weighted by Gasteiger charge is -2.25. The predicted molar refractivity (Wildman–Crippen MR) is 99.4 cm³/mol. The first-order chi connectivity index (χ1) is 13.5. The van der Waals surface area contributed by atoms with Crippen molar-refractivity contribution in [2.45, 2.75) is 24.9 Å². The topological polar surface area (TPSA) is 88.8 Å². The zero-order chi connectivity index (χ0) is 20.1. The van der Waals surface area contributed by atoms with Gasteiger partial charge in [0.15, 0.2) is 6.61 Å². The Hall–Kier alpha value is -2.81. The van der Waals surface area contributed by atoms with Crippen LogP contribution in [0, 0.1) is 5.82 Å². The van der Waals surface area contributed by atoms with Crippen molar-refractivity contribution >= 4 is 29.5 Å². The molecule has 1 aliphatic heterocycles. The van der Waals surface area contributed by atoms with Crippen LogP contribution in [0.4, 0.5) is 4.39 Å². The van der Waals surface area contributed by atoms with Gasteiger partial charge in [-0.15, -0.1) is 11.8 Å². The molecule has 1 aromatic heterocycles. The van der Waals surface area contributed by atoms with E-state index in [-0.39, 0.29) is 18.3 Å². The van der Waals surface area contributed by atoms with Crippen LogP contribution in [0.3, 0.4) is 0 Å². The first-order valence-electron chi connectivity index (χ1n) is 8.57. The number of carbonyl (C=O) groups is 3. The van der Waals surface area contributed by atoms with Gasteiger partial charge in [-0.2, -0.15) is 0 Å². The molecular formula is C19H19FN2O5S. The van der Waals surface area contributed by atoms with Crippen molar-refractivity contribution in [1.82, 2.24) is 10.2 Å². The number of hydrogen-bond donors (Lipinski definition) is 1. The lowest BCUT2D eigenvalue weighted by atomic mass is 10.2. The summed E-state index contributed by atoms with van der Waals surface area (Å²) in [7, 11) is 0. The summed E-state index contributed by atoms with van der Waals surface area (Å²) in [5, 5.41) is 2.18. The maximum absolute atomic E-state index is 12.9. The summed E-state index contributed by atoms with van der Waals surface area (Å²) in [6.45, 7) is 1.10. The Morgan fingerprint density at radius 3 is 2.68 bits per heavy atom. The number of nitrogens with zero attached hydrogens (tertiary/aromatic N) is 1. The number of carbonyl (C=O) groups excluding carboxylic acids is 3. The summed E-state index contributed by atoms with van der Waals surface area (Å²) in [5.74, 6) is -0.849. The number of amides is 2. The van der Waals surface area contributed by atoms with Gasteiger partial charge in [0.1, 0.15) is 23.0 Å². The van der Waals surface area contributed by atoms with E-state index >= 15 is 0 Å². The Labute approximate surface area is 165 Å². The Morgan fingerprint density at radius 2 is 2.04 bits per heavy atom. The minimum atomic E-state index is -0.789. The highest BCUT2D eigenvalue weighted by molar-refractivity contribution is 7.99. The molecular weight excluding hydrogens is 387 g/mol. The molecule has 2 aromatic rings. The van der Waals surface area contributed by atoms with Crippen molar-refractivity contribution < 1.29 is 27.9 Å². The number of ether oxygens (including phenoxy) is 1. The van der Waals surface area contributed by atoms with Crippen molar-refractivity contribution in [1.29, 1.82) is 0 Å². The molecule has 0 spiro atoms. The molecule has 2 amide bonds. The first kappa shape index (κ1) is 19.9. The van der Waals surface area contributed by atoms with Crippen molar-refractivity contribution in [2.24, 2.45) is 0 Å². The van der Waals surface area contributed by atoms with E-state index in [2.05, 4.69) is 5.32 Å². The van der Waals surface area contributed by atoms with Crippen LogP contribution in [-0.4, -0.2) is 41.1 Å². The quantitative estimate of drug-likeness (QED) is 0.741. The van der Waals surface area contributed by atoms with Crippen LogP contribution in [0.25, 0.3) is 0 Å². The molecule has 1 fully saturated rings. The van der Waals surface area contributed by atoms with Crippen LogP contribution < -0.4 is 5.32 Å². The summed E-state index contributed by atoms with van der Waals surface area (Å²) < 4.78 is 23.3. The summed E-state index contributed by atoms with van der Waals surface area (Å²) in [6.07, 6.45) is 1.51. The average Bonchev–Trinajstić information content (AvgIpc) is 3.34. The highest BCUT2D eigenvalue weighted by atomic mass is 32.2. The average molecular weight is 406 g/mol. The van der Waals surface area contributed by atoms with E-state index < -0.39 is 29.9 Å². The van der Waals surface area contributed by atoms with Gasteiger partial charge >= 0.3 is 5.97 Å². The van der Waals surface area contributed by atoms with Crippen LogP contribution in [-0.2, 0) is 25.7 Å². The Bertz CT molecular complexity index is 841. The van der Waals surface area contributed by atoms with Gasteiger partial charge in [-0.25, -0.2) is 9.18 Å². The van der Waals surface area contributed by atoms with Crippen LogP contribution in [0.1, 0.15) is 23.6 Å². The zero-order valence-electron chi connectivity index (χ0n) is 15.1. The van der Waals surface area contributed by atoms with Gasteiger partial charge < -0.3 is 19.4 Å². The zero-order valence-corrected chi connectivity index (χ0v) is 15.9. The Morgan fingerprint density at radius 1 is 1.29 bits per heavy atom. The number of esters is 1. The Kier molecular flexibility index (Phi) is 6.35. The number of hydrogen-bond acceptors (Lipinski definition) is 6. The normalized spacial score (nSPS) is 18.7. The molecule has 0 unspecified atom stereocenters. The molecule has 28 heavy (non-hydrogen) atoms. The van der Waals surface area contributed by atoms with Crippen molar-refractivity contribution in [3.63, 3.8) is 0 Å². The van der Waals surface area contributed by atoms with Crippen molar-refractivity contribution in [3.05, 3.63) is 59.8 Å². The van der Waals surface area contributed by atoms with Gasteiger partial charge in [0.05, 0.1) is 6.26 Å². The fourth-order valence-corrected chi connectivity index (χ4v) is 4.23. The smallest absolute Gasteiger partial charge is 0.330 e. The van der Waals surface area contributed by atoms with E-state index in [4.69, 9.17) is 9.15 Å². The molecule has 148 valence electrons. The van der Waals surface area contributed by atoms with Crippen molar-refractivity contribution in [3.8, 4) is 0 Å². The predicted octanol–water partition coefficient (Wildman–Crippen LogP) is 2.24. The van der Waals surface area contributed by atoms with E-state index in [9.17, 15) is 18.8 Å². The lowest BCUT2D eigenvalue weighted by molar-refractivity contribution is -0.156. The van der Waals surface area contributed by atoms with Crippen LogP contribution in [0.2, 0.25) is 0 Å². The molecule has 1 aliphatic rings. The van der Waals surface area contributed by atoms with Crippen LogP contribution in [0.15, 0.2) is 47.1 Å². The summed E-state index contributed by atoms with van der Waals surface area (Å²) >= 11 is 1.40. The number of thioether (sulfide) groups is 1. The lowest BCUT2D eigenvalue weighted by Crippen LogP contribution is -2.43. The minimum Gasteiger partial charge on any atom is -0.466 e. The maximum Gasteiger partial charge on any atom is 0.330 e. The first-order valence-corrected chi connectivity index (χ1v) is 9.62. The molecule has 9 heteroatoms. The van der Waals surface area contributed by atoms with E-state index in [1.54, 1.807) is 24.3 Å². The molecule has 1 aromatic carbocycles. The number of furan rings is 1. The fraction of sp³-hybridized carbons (Fsp3) is 0.316. The molecule has 0 radical (unpaired) electrons. The molecule has 2 atom stereocenters. The third-order valence-electron chi connectivity index (χ3n) is 4.17. The van der Waals surface area contributed by atoms with Gasteiger partial charge in [0.2, 0.25) is 5.91 Å². The van der Waals surface area contributed by atoms with E-state index in [1.807, 2.05) is 0 Å². The standard InChI is InChI=1S/C19H19FN2O5S/c1-12(23)22-15(11-28-18(22)16-3-2-8-26-16)19(25)27-10-17(24)21-9-13-4-6-14(20)7-5-13/h2-8,15,18H,9-11H2,1H3,(H,21,24)/t15-,18+/m0/s1. The molecule has 1 N–H and O–H groups in total. The van der Waals surface area contributed by atoms with Crippen LogP contribution in [0.5, 0.6) is 0 Å². The summed E-state index contributed by atoms with van der Waals surface area (Å²) in [5.41, 5.74) is 0.720. The third-order valence-corrected chi connectivity index (χ3v) is 5.45. The second kappa shape index (κ2) is 8.92. The van der Waals surface area contributed by atoms with Gasteiger partial charge in [0.25, 0.3) is 5.91 Å². The molecule has 3 rings (SSSR count). The summed E-state index contributed by atoms with van der Waals surface area (Å²) in [6, 6.07) is 8.36. The largest absolute Gasteiger partial charge is 0.466 e. The molecule has 0 bridgehead atoms. The minimum absolute atomic E-state index is 0.191. The number of benzene rings is 1. The highest BCUT2D eigenvalue weighted by Crippen LogP contribution is 2.41. The molecule has 0 aliphatic carbocycles. The van der Waals surface area contributed by atoms with E-state index in [0.717, 1.165) is 5.56 Å². The molecule has 7 nitrogen and oxygen atoms in total. The van der Waals surface area contributed by atoms with Gasteiger partial charge in [-0.05, 0) is 29.8 Å². The van der Waals surface area contributed by atoms with Gasteiger partial charge in [0, 0.05) is 19.2 Å². The van der Waals surface area contributed by atoms with Crippen LogP contribution >= 0.6 is 11.8 Å². The number of halogens is 1. The van der Waals surface area contributed by atoms with E-state index in [0.29, 0.717) is 11.5 Å². The SMILES string of the molecule is CC(=O)N1[C@@H](c2ccco2)SC[C@H]1C(=O)OCC(=O)NCc1ccc(F)cc1. The second-order valence-electron chi connectivity index (χ2n) is 6.15. The monoisotopic (exact) mass is 406 g/mol.